The number of halogens is 2. The highest BCUT2D eigenvalue weighted by atomic mass is 32.2. The highest BCUT2D eigenvalue weighted by Gasteiger charge is 2.36. The molecule has 1 atom stereocenters. The predicted octanol–water partition coefficient (Wildman–Crippen LogP) is 4.85. The monoisotopic (exact) mass is 495 g/mol. The Bertz CT molecular complexity index is 1330. The van der Waals surface area contributed by atoms with Gasteiger partial charge in [0.1, 0.15) is 22.6 Å². The largest absolute Gasteiger partial charge is 0.454 e. The first kappa shape index (κ1) is 22.9. The average Bonchev–Trinajstić information content (AvgIpc) is 3.32. The Hall–Kier alpha value is -3.92. The van der Waals surface area contributed by atoms with E-state index in [4.69, 9.17) is 9.47 Å². The number of rotatable bonds is 5. The van der Waals surface area contributed by atoms with Gasteiger partial charge in [-0.2, -0.15) is 0 Å². The molecule has 0 aromatic heterocycles. The van der Waals surface area contributed by atoms with Crippen molar-refractivity contribution in [1.29, 1.82) is 0 Å². The van der Waals surface area contributed by atoms with Crippen LogP contribution in [0.4, 0.5) is 20.2 Å². The highest BCUT2D eigenvalue weighted by molar-refractivity contribution is 8.15. The molecule has 2 heterocycles. The number of ether oxygens (including phenoxy) is 2. The number of amides is 2. The van der Waals surface area contributed by atoms with Crippen LogP contribution in [0.1, 0.15) is 12.0 Å². The third-order valence-electron chi connectivity index (χ3n) is 5.41. The standard InChI is InChI=1S/C25H19F2N3O4S/c26-16-5-1-3-7-18(16)28-24(32)22-12-23(31)30(13-15-9-10-20-21(11-15)34-14-33-20)25(35-22)29-19-8-4-2-6-17(19)27/h1-11,22H,12-14H2,(H,28,32)/t22-/m1/s1. The van der Waals surface area contributed by atoms with E-state index in [2.05, 4.69) is 10.3 Å². The Kier molecular flexibility index (Phi) is 6.37. The van der Waals surface area contributed by atoms with Crippen molar-refractivity contribution in [2.75, 3.05) is 12.1 Å². The van der Waals surface area contributed by atoms with E-state index >= 15 is 0 Å². The third-order valence-corrected chi connectivity index (χ3v) is 6.60. The summed E-state index contributed by atoms with van der Waals surface area (Å²) in [6.45, 7) is 0.257. The Morgan fingerprint density at radius 2 is 1.77 bits per heavy atom. The number of hydrogen-bond donors (Lipinski definition) is 1. The van der Waals surface area contributed by atoms with Gasteiger partial charge in [0.2, 0.25) is 18.6 Å². The summed E-state index contributed by atoms with van der Waals surface area (Å²) in [5.41, 5.74) is 0.799. The Morgan fingerprint density at radius 1 is 1.03 bits per heavy atom. The van der Waals surface area contributed by atoms with Crippen molar-refractivity contribution in [3.63, 3.8) is 0 Å². The fourth-order valence-corrected chi connectivity index (χ4v) is 4.73. The molecule has 0 unspecified atom stereocenters. The lowest BCUT2D eigenvalue weighted by Gasteiger charge is -2.32. The molecule has 7 nitrogen and oxygen atoms in total. The summed E-state index contributed by atoms with van der Waals surface area (Å²) in [6.07, 6.45) is -0.133. The molecule has 1 N–H and O–H groups in total. The van der Waals surface area contributed by atoms with Crippen LogP contribution in [-0.2, 0) is 16.1 Å². The maximum Gasteiger partial charge on any atom is 0.238 e. The summed E-state index contributed by atoms with van der Waals surface area (Å²) in [5, 5.41) is 1.81. The van der Waals surface area contributed by atoms with Crippen molar-refractivity contribution >= 4 is 40.1 Å². The van der Waals surface area contributed by atoms with Crippen LogP contribution in [-0.4, -0.2) is 33.9 Å². The summed E-state index contributed by atoms with van der Waals surface area (Å²) in [4.78, 5) is 31.9. The molecule has 2 aliphatic rings. The normalized spacial score (nSPS) is 18.1. The van der Waals surface area contributed by atoms with Crippen LogP contribution in [0.3, 0.4) is 0 Å². The van der Waals surface area contributed by atoms with Gasteiger partial charge in [0.25, 0.3) is 0 Å². The molecule has 0 radical (unpaired) electrons. The molecule has 0 spiro atoms. The number of hydrogen-bond acceptors (Lipinski definition) is 6. The van der Waals surface area contributed by atoms with Gasteiger partial charge >= 0.3 is 0 Å². The number of nitrogens with one attached hydrogen (secondary N) is 1. The van der Waals surface area contributed by atoms with Crippen LogP contribution < -0.4 is 14.8 Å². The Morgan fingerprint density at radius 3 is 2.57 bits per heavy atom. The van der Waals surface area contributed by atoms with E-state index in [1.54, 1.807) is 30.3 Å². The van der Waals surface area contributed by atoms with Crippen LogP contribution in [0.25, 0.3) is 0 Å². The van der Waals surface area contributed by atoms with Gasteiger partial charge in [-0.3, -0.25) is 14.5 Å². The zero-order valence-electron chi connectivity index (χ0n) is 18.2. The summed E-state index contributed by atoms with van der Waals surface area (Å²) in [5.74, 6) is -0.887. The molecule has 0 bridgehead atoms. The first-order chi connectivity index (χ1) is 17.0. The van der Waals surface area contributed by atoms with Gasteiger partial charge in [0.05, 0.1) is 12.2 Å². The minimum Gasteiger partial charge on any atom is -0.454 e. The molecule has 1 saturated heterocycles. The van der Waals surface area contributed by atoms with Gasteiger partial charge < -0.3 is 14.8 Å². The lowest BCUT2D eigenvalue weighted by Crippen LogP contribution is -2.44. The van der Waals surface area contributed by atoms with Crippen LogP contribution >= 0.6 is 11.8 Å². The number of carbonyl (C=O) groups is 2. The summed E-state index contributed by atoms with van der Waals surface area (Å²) < 4.78 is 39.1. The van der Waals surface area contributed by atoms with Gasteiger partial charge in [-0.05, 0) is 42.0 Å². The molecule has 10 heteroatoms. The van der Waals surface area contributed by atoms with Crippen LogP contribution in [0.5, 0.6) is 11.5 Å². The molecule has 1 fully saturated rings. The molecule has 35 heavy (non-hydrogen) atoms. The van der Waals surface area contributed by atoms with Crippen LogP contribution in [0, 0.1) is 11.6 Å². The minimum atomic E-state index is -0.874. The average molecular weight is 496 g/mol. The van der Waals surface area contributed by atoms with E-state index < -0.39 is 22.8 Å². The van der Waals surface area contributed by atoms with Crippen LogP contribution in [0.15, 0.2) is 71.7 Å². The number of carbonyl (C=O) groups excluding carboxylic acids is 2. The number of aliphatic imine (C=N–C) groups is 1. The first-order valence-electron chi connectivity index (χ1n) is 10.7. The molecule has 0 saturated carbocycles. The summed E-state index contributed by atoms with van der Waals surface area (Å²) >= 11 is 1.02. The van der Waals surface area contributed by atoms with E-state index in [-0.39, 0.29) is 42.2 Å². The molecule has 5 rings (SSSR count). The summed E-state index contributed by atoms with van der Waals surface area (Å²) in [6, 6.07) is 17.0. The van der Waals surface area contributed by atoms with Gasteiger partial charge in [-0.1, -0.05) is 42.1 Å². The van der Waals surface area contributed by atoms with Crippen molar-refractivity contribution in [3.05, 3.63) is 83.9 Å². The zero-order chi connectivity index (χ0) is 24.4. The van der Waals surface area contributed by atoms with E-state index in [0.717, 1.165) is 17.3 Å². The molecular weight excluding hydrogens is 476 g/mol. The quantitative estimate of drug-likeness (QED) is 0.547. The third kappa shape index (κ3) is 4.97. The number of para-hydroxylation sites is 2. The van der Waals surface area contributed by atoms with Crippen molar-refractivity contribution in [2.45, 2.75) is 18.2 Å². The molecule has 2 aliphatic heterocycles. The maximum absolute atomic E-state index is 14.4. The number of benzene rings is 3. The number of thioether (sulfide) groups is 1. The van der Waals surface area contributed by atoms with Crippen molar-refractivity contribution in [1.82, 2.24) is 4.90 Å². The number of fused-ring (bicyclic) bond motifs is 1. The smallest absolute Gasteiger partial charge is 0.238 e. The molecular formula is C25H19F2N3O4S. The lowest BCUT2D eigenvalue weighted by molar-refractivity contribution is -0.129. The molecule has 3 aromatic rings. The number of anilines is 1. The second-order valence-corrected chi connectivity index (χ2v) is 8.96. The highest BCUT2D eigenvalue weighted by Crippen LogP contribution is 2.35. The molecule has 0 aliphatic carbocycles. The van der Waals surface area contributed by atoms with Gasteiger partial charge in [0.15, 0.2) is 16.7 Å². The maximum atomic E-state index is 14.4. The summed E-state index contributed by atoms with van der Waals surface area (Å²) in [7, 11) is 0. The Balaban J connectivity index is 1.43. The van der Waals surface area contributed by atoms with Crippen LogP contribution in [0.2, 0.25) is 0 Å². The van der Waals surface area contributed by atoms with Crippen molar-refractivity contribution in [3.8, 4) is 11.5 Å². The molecule has 178 valence electrons. The SMILES string of the molecule is O=C(Nc1ccccc1F)[C@H]1CC(=O)N(Cc2ccc3c(c2)OCO3)C(=Nc2ccccc2F)S1. The fraction of sp³-hybridized carbons (Fsp3) is 0.160. The van der Waals surface area contributed by atoms with E-state index in [9.17, 15) is 18.4 Å². The number of amidine groups is 1. The molecule has 2 amide bonds. The van der Waals surface area contributed by atoms with Gasteiger partial charge in [0, 0.05) is 6.42 Å². The topological polar surface area (TPSA) is 80.2 Å². The predicted molar refractivity (Wildman–Crippen MR) is 128 cm³/mol. The van der Waals surface area contributed by atoms with E-state index in [0.29, 0.717) is 11.5 Å². The van der Waals surface area contributed by atoms with Crippen molar-refractivity contribution < 1.29 is 27.8 Å². The lowest BCUT2D eigenvalue weighted by atomic mass is 10.1. The second-order valence-electron chi connectivity index (χ2n) is 7.79. The van der Waals surface area contributed by atoms with Crippen molar-refractivity contribution in [2.24, 2.45) is 4.99 Å². The van der Waals surface area contributed by atoms with E-state index in [1.807, 2.05) is 0 Å². The zero-order valence-corrected chi connectivity index (χ0v) is 19.1. The second kappa shape index (κ2) is 9.75. The van der Waals surface area contributed by atoms with Gasteiger partial charge in [-0.25, -0.2) is 13.8 Å². The Labute approximate surface area is 203 Å². The first-order valence-corrected chi connectivity index (χ1v) is 11.6. The molecule has 3 aromatic carbocycles. The van der Waals surface area contributed by atoms with E-state index in [1.165, 1.54) is 41.3 Å². The minimum absolute atomic E-state index is 0.0148. The number of nitrogens with zero attached hydrogens (tertiary/aromatic N) is 2. The fourth-order valence-electron chi connectivity index (χ4n) is 3.64. The van der Waals surface area contributed by atoms with Gasteiger partial charge in [-0.15, -0.1) is 0 Å².